The number of nitrogens with two attached hydrogens (primary N) is 1. The van der Waals surface area contributed by atoms with Gasteiger partial charge in [0.25, 0.3) is 0 Å². The Kier molecular flexibility index (Phi) is 6.91. The van der Waals surface area contributed by atoms with Crippen LogP contribution in [0.15, 0.2) is 51.7 Å². The zero-order valence-electron chi connectivity index (χ0n) is 16.9. The van der Waals surface area contributed by atoms with Crippen molar-refractivity contribution in [3.63, 3.8) is 0 Å². The molecule has 28 heavy (non-hydrogen) atoms. The van der Waals surface area contributed by atoms with Crippen molar-refractivity contribution in [1.29, 1.82) is 0 Å². The number of methoxy groups -OCH3 is 1. The molecule has 0 spiro atoms. The zero-order chi connectivity index (χ0) is 19.6. The zero-order valence-corrected chi connectivity index (χ0v) is 17.7. The summed E-state index contributed by atoms with van der Waals surface area (Å²) >= 11 is 0. The maximum Gasteiger partial charge on any atom is 0.196 e. The van der Waals surface area contributed by atoms with E-state index < -0.39 is 5.54 Å². The molecule has 0 bridgehead atoms. The highest BCUT2D eigenvalue weighted by Gasteiger charge is 2.31. The fourth-order valence-electron chi connectivity index (χ4n) is 3.67. The van der Waals surface area contributed by atoms with Crippen LogP contribution in [0.1, 0.15) is 44.7 Å². The van der Waals surface area contributed by atoms with Gasteiger partial charge in [0.1, 0.15) is 17.1 Å². The highest BCUT2D eigenvalue weighted by molar-refractivity contribution is 5.86. The van der Waals surface area contributed by atoms with Crippen LogP contribution in [0.5, 0.6) is 5.75 Å². The third-order valence-corrected chi connectivity index (χ3v) is 5.49. The van der Waals surface area contributed by atoms with E-state index in [1.165, 1.54) is 0 Å². The molecule has 1 heterocycles. The molecular weight excluding hydrogens is 374 g/mol. The average molecular weight is 402 g/mol. The van der Waals surface area contributed by atoms with Crippen LogP contribution >= 0.6 is 12.4 Å². The van der Waals surface area contributed by atoms with Gasteiger partial charge in [-0.1, -0.05) is 51.1 Å². The Bertz CT molecular complexity index is 1010. The molecule has 150 valence electrons. The number of ether oxygens (including phenoxy) is 1. The van der Waals surface area contributed by atoms with Crippen molar-refractivity contribution in [1.82, 2.24) is 0 Å². The lowest BCUT2D eigenvalue weighted by molar-refractivity contribution is 0.361. The molecule has 0 radical (unpaired) electrons. The second-order valence-corrected chi connectivity index (χ2v) is 6.84. The Balaban J connectivity index is 0.00000280. The Morgan fingerprint density at radius 2 is 1.68 bits per heavy atom. The number of rotatable bonds is 6. The summed E-state index contributed by atoms with van der Waals surface area (Å²) in [5, 5.41) is 0.555. The molecule has 0 amide bonds. The minimum Gasteiger partial charge on any atom is -0.496 e. The van der Waals surface area contributed by atoms with Crippen molar-refractivity contribution in [2.75, 3.05) is 7.11 Å². The molecule has 5 heteroatoms. The van der Waals surface area contributed by atoms with Gasteiger partial charge in [-0.2, -0.15) is 0 Å². The first-order valence-corrected chi connectivity index (χ1v) is 9.52. The quantitative estimate of drug-likeness (QED) is 0.598. The van der Waals surface area contributed by atoms with E-state index in [1.54, 1.807) is 13.2 Å². The van der Waals surface area contributed by atoms with Gasteiger partial charge >= 0.3 is 0 Å². The second-order valence-electron chi connectivity index (χ2n) is 6.84. The van der Waals surface area contributed by atoms with Gasteiger partial charge in [-0.25, -0.2) is 0 Å². The van der Waals surface area contributed by atoms with Crippen LogP contribution in [0.25, 0.3) is 22.3 Å². The lowest BCUT2D eigenvalue weighted by Crippen LogP contribution is -2.36. The van der Waals surface area contributed by atoms with Gasteiger partial charge in [0.05, 0.1) is 18.1 Å². The van der Waals surface area contributed by atoms with Crippen molar-refractivity contribution in [2.45, 2.75) is 45.6 Å². The van der Waals surface area contributed by atoms with E-state index in [0.29, 0.717) is 47.3 Å². The summed E-state index contributed by atoms with van der Waals surface area (Å²) < 4.78 is 12.0. The molecule has 4 nitrogen and oxygen atoms in total. The van der Waals surface area contributed by atoms with E-state index in [1.807, 2.05) is 57.2 Å². The molecule has 0 unspecified atom stereocenters. The van der Waals surface area contributed by atoms with Crippen LogP contribution in [0.4, 0.5) is 0 Å². The van der Waals surface area contributed by atoms with Gasteiger partial charge in [-0.15, -0.1) is 12.4 Å². The Morgan fingerprint density at radius 3 is 2.21 bits per heavy atom. The fourth-order valence-corrected chi connectivity index (χ4v) is 3.67. The molecule has 2 N–H and O–H groups in total. The first-order chi connectivity index (χ1) is 13.0. The predicted octanol–water partition coefficient (Wildman–Crippen LogP) is 5.43. The van der Waals surface area contributed by atoms with E-state index in [0.717, 1.165) is 11.1 Å². The van der Waals surface area contributed by atoms with Gasteiger partial charge in [0.15, 0.2) is 5.43 Å². The topological polar surface area (TPSA) is 65.5 Å². The van der Waals surface area contributed by atoms with Gasteiger partial charge < -0.3 is 14.9 Å². The van der Waals surface area contributed by atoms with E-state index in [-0.39, 0.29) is 17.8 Å². The largest absolute Gasteiger partial charge is 0.496 e. The summed E-state index contributed by atoms with van der Waals surface area (Å²) in [6, 6.07) is 13.3. The van der Waals surface area contributed by atoms with Crippen LogP contribution < -0.4 is 15.9 Å². The third-order valence-electron chi connectivity index (χ3n) is 5.49. The normalized spacial score (nSPS) is 11.3. The van der Waals surface area contributed by atoms with Crippen molar-refractivity contribution < 1.29 is 9.15 Å². The fraction of sp³-hybridized carbons (Fsp3) is 0.348. The average Bonchev–Trinajstić information content (AvgIpc) is 2.72. The number of hydrogen-bond donors (Lipinski definition) is 1. The summed E-state index contributed by atoms with van der Waals surface area (Å²) in [6.07, 6.45) is 2.01. The number of benzene rings is 2. The van der Waals surface area contributed by atoms with Gasteiger partial charge in [0, 0.05) is 16.7 Å². The third kappa shape index (κ3) is 3.54. The SMILES string of the molecule is CCc1c(-c2ccccc2)oc2c(C(N)(CC)CC)c(OC)ccc2c1=O.Cl. The molecule has 0 atom stereocenters. The molecule has 0 aliphatic heterocycles. The van der Waals surface area contributed by atoms with Crippen molar-refractivity contribution in [3.8, 4) is 17.1 Å². The Hall–Kier alpha value is -2.30. The lowest BCUT2D eigenvalue weighted by atomic mass is 9.83. The molecule has 0 aliphatic rings. The summed E-state index contributed by atoms with van der Waals surface area (Å²) in [6.45, 7) is 6.05. The second kappa shape index (κ2) is 8.80. The summed E-state index contributed by atoms with van der Waals surface area (Å²) in [5.74, 6) is 1.26. The van der Waals surface area contributed by atoms with E-state index in [4.69, 9.17) is 14.9 Å². The molecule has 0 saturated heterocycles. The molecule has 3 aromatic rings. The maximum atomic E-state index is 13.3. The molecular formula is C23H28ClNO3. The van der Waals surface area contributed by atoms with Gasteiger partial charge in [-0.05, 0) is 31.4 Å². The summed E-state index contributed by atoms with van der Waals surface area (Å²) in [5.41, 5.74) is 8.95. The number of hydrogen-bond acceptors (Lipinski definition) is 4. The van der Waals surface area contributed by atoms with Crippen LogP contribution in [-0.2, 0) is 12.0 Å². The molecule has 0 saturated carbocycles. The highest BCUT2D eigenvalue weighted by Crippen LogP contribution is 2.40. The first-order valence-electron chi connectivity index (χ1n) is 9.52. The maximum absolute atomic E-state index is 13.3. The van der Waals surface area contributed by atoms with E-state index in [9.17, 15) is 4.79 Å². The van der Waals surface area contributed by atoms with Crippen molar-refractivity contribution >= 4 is 23.4 Å². The minimum atomic E-state index is -0.636. The summed E-state index contributed by atoms with van der Waals surface area (Å²) in [4.78, 5) is 13.3. The highest BCUT2D eigenvalue weighted by atomic mass is 35.5. The molecule has 0 fully saturated rings. The molecule has 0 aliphatic carbocycles. The standard InChI is InChI=1S/C23H27NO3.ClH/c1-5-16-20(25)17-13-14-18(26-4)19(23(24,6-2)7-3)22(17)27-21(16)15-11-9-8-10-12-15;/h8-14H,5-7,24H2,1-4H3;1H. The van der Waals surface area contributed by atoms with Crippen LogP contribution in [0, 0.1) is 0 Å². The molecule has 2 aromatic carbocycles. The summed E-state index contributed by atoms with van der Waals surface area (Å²) in [7, 11) is 1.62. The monoisotopic (exact) mass is 401 g/mol. The van der Waals surface area contributed by atoms with Gasteiger partial charge in [0.2, 0.25) is 0 Å². The van der Waals surface area contributed by atoms with Crippen LogP contribution in [0.3, 0.4) is 0 Å². The number of halogens is 1. The number of fused-ring (bicyclic) bond motifs is 1. The van der Waals surface area contributed by atoms with E-state index in [2.05, 4.69) is 0 Å². The van der Waals surface area contributed by atoms with E-state index >= 15 is 0 Å². The minimum absolute atomic E-state index is 0. The Labute approximate surface area is 172 Å². The Morgan fingerprint density at radius 1 is 1.04 bits per heavy atom. The van der Waals surface area contributed by atoms with Crippen molar-refractivity contribution in [2.24, 2.45) is 5.73 Å². The smallest absolute Gasteiger partial charge is 0.196 e. The van der Waals surface area contributed by atoms with Crippen LogP contribution in [-0.4, -0.2) is 7.11 Å². The lowest BCUT2D eigenvalue weighted by Gasteiger charge is -2.29. The predicted molar refractivity (Wildman–Crippen MR) is 118 cm³/mol. The van der Waals surface area contributed by atoms with Crippen molar-refractivity contribution in [3.05, 3.63) is 63.8 Å². The van der Waals surface area contributed by atoms with Gasteiger partial charge in [-0.3, -0.25) is 4.79 Å². The first kappa shape index (κ1) is 22.0. The molecule has 3 rings (SSSR count). The van der Waals surface area contributed by atoms with Crippen LogP contribution in [0.2, 0.25) is 0 Å². The molecule has 1 aromatic heterocycles.